The highest BCUT2D eigenvalue weighted by molar-refractivity contribution is 5.59. The van der Waals surface area contributed by atoms with Gasteiger partial charge in [0.15, 0.2) is 11.6 Å². The zero-order chi connectivity index (χ0) is 17.2. The summed E-state index contributed by atoms with van der Waals surface area (Å²) in [7, 11) is 0. The van der Waals surface area contributed by atoms with Gasteiger partial charge in [0.1, 0.15) is 0 Å². The molecule has 0 unspecified atom stereocenters. The molecule has 4 rings (SSSR count). The topological polar surface area (TPSA) is 94.6 Å². The SMILES string of the molecule is CC(C)Cc1nc(CNc2ccc(-c3nnnn3C3CC3)cc2)no1. The molecule has 2 heterocycles. The van der Waals surface area contributed by atoms with E-state index in [9.17, 15) is 0 Å². The number of rotatable bonds is 7. The van der Waals surface area contributed by atoms with Crippen molar-refractivity contribution in [3.63, 3.8) is 0 Å². The summed E-state index contributed by atoms with van der Waals surface area (Å²) in [5.74, 6) is 2.68. The van der Waals surface area contributed by atoms with Gasteiger partial charge in [-0.15, -0.1) is 5.10 Å². The molecule has 1 aliphatic carbocycles. The standard InChI is InChI=1S/C17H21N7O/c1-11(2)9-16-19-15(21-25-16)10-18-13-5-3-12(4-6-13)17-20-22-23-24(17)14-7-8-14/h3-6,11,14,18H,7-10H2,1-2H3. The summed E-state index contributed by atoms with van der Waals surface area (Å²) in [5.41, 5.74) is 2.01. The Morgan fingerprint density at radius 1 is 1.24 bits per heavy atom. The van der Waals surface area contributed by atoms with Crippen LogP contribution in [-0.2, 0) is 13.0 Å². The van der Waals surface area contributed by atoms with Crippen molar-refractivity contribution >= 4 is 5.69 Å². The largest absolute Gasteiger partial charge is 0.378 e. The van der Waals surface area contributed by atoms with Crippen LogP contribution in [0.1, 0.15) is 44.4 Å². The van der Waals surface area contributed by atoms with E-state index in [0.29, 0.717) is 30.2 Å². The molecule has 1 fully saturated rings. The number of benzene rings is 1. The molecule has 1 aliphatic rings. The second-order valence-electron chi connectivity index (χ2n) is 6.81. The first kappa shape index (κ1) is 15.7. The molecule has 1 saturated carbocycles. The van der Waals surface area contributed by atoms with Gasteiger partial charge in [0.25, 0.3) is 0 Å². The smallest absolute Gasteiger partial charge is 0.226 e. The van der Waals surface area contributed by atoms with E-state index in [0.717, 1.165) is 36.3 Å². The first-order chi connectivity index (χ1) is 12.2. The summed E-state index contributed by atoms with van der Waals surface area (Å²) in [6, 6.07) is 8.52. The minimum atomic E-state index is 0.459. The maximum absolute atomic E-state index is 5.25. The molecule has 8 heteroatoms. The fourth-order valence-corrected chi connectivity index (χ4v) is 2.66. The van der Waals surface area contributed by atoms with E-state index >= 15 is 0 Å². The highest BCUT2D eigenvalue weighted by Gasteiger charge is 2.28. The van der Waals surface area contributed by atoms with E-state index in [4.69, 9.17) is 4.52 Å². The van der Waals surface area contributed by atoms with Crippen molar-refractivity contribution in [2.45, 2.75) is 45.7 Å². The summed E-state index contributed by atoms with van der Waals surface area (Å²) >= 11 is 0. The molecule has 130 valence electrons. The zero-order valence-electron chi connectivity index (χ0n) is 14.4. The molecule has 2 aromatic heterocycles. The summed E-state index contributed by atoms with van der Waals surface area (Å²) in [6.45, 7) is 4.78. The Kier molecular flexibility index (Phi) is 4.17. The van der Waals surface area contributed by atoms with Crippen LogP contribution in [0, 0.1) is 5.92 Å². The average Bonchev–Trinajstić information content (AvgIpc) is 3.16. The van der Waals surface area contributed by atoms with E-state index < -0.39 is 0 Å². The van der Waals surface area contributed by atoms with Gasteiger partial charge in [0.05, 0.1) is 12.6 Å². The summed E-state index contributed by atoms with van der Waals surface area (Å²) in [6.07, 6.45) is 3.11. The maximum Gasteiger partial charge on any atom is 0.226 e. The highest BCUT2D eigenvalue weighted by Crippen LogP contribution is 2.36. The number of nitrogens with one attached hydrogen (secondary N) is 1. The maximum atomic E-state index is 5.25. The summed E-state index contributed by atoms with van der Waals surface area (Å²) in [5, 5.41) is 19.3. The van der Waals surface area contributed by atoms with Crippen LogP contribution in [0.3, 0.4) is 0 Å². The van der Waals surface area contributed by atoms with E-state index in [-0.39, 0.29) is 0 Å². The van der Waals surface area contributed by atoms with Crippen molar-refractivity contribution in [1.82, 2.24) is 30.3 Å². The van der Waals surface area contributed by atoms with Gasteiger partial charge in [-0.25, -0.2) is 4.68 Å². The molecule has 1 aromatic carbocycles. The van der Waals surface area contributed by atoms with Crippen LogP contribution in [0.25, 0.3) is 11.4 Å². The van der Waals surface area contributed by atoms with Crippen molar-refractivity contribution < 1.29 is 4.52 Å². The van der Waals surface area contributed by atoms with Gasteiger partial charge in [-0.05, 0) is 53.5 Å². The van der Waals surface area contributed by atoms with Crippen LogP contribution < -0.4 is 5.32 Å². The predicted octanol–water partition coefficient (Wildman–Crippen LogP) is 2.87. The van der Waals surface area contributed by atoms with Gasteiger partial charge < -0.3 is 9.84 Å². The van der Waals surface area contributed by atoms with E-state index in [1.807, 2.05) is 28.9 Å². The Morgan fingerprint density at radius 2 is 2.04 bits per heavy atom. The quantitative estimate of drug-likeness (QED) is 0.707. The Labute approximate surface area is 145 Å². The lowest BCUT2D eigenvalue weighted by Crippen LogP contribution is -2.02. The van der Waals surface area contributed by atoms with Crippen molar-refractivity contribution in [2.75, 3.05) is 5.32 Å². The normalized spacial score (nSPS) is 14.2. The molecule has 0 atom stereocenters. The molecule has 1 N–H and O–H groups in total. The van der Waals surface area contributed by atoms with Crippen LogP contribution in [-0.4, -0.2) is 30.3 Å². The molecule has 0 saturated heterocycles. The zero-order valence-corrected chi connectivity index (χ0v) is 14.4. The lowest BCUT2D eigenvalue weighted by molar-refractivity contribution is 0.359. The van der Waals surface area contributed by atoms with Gasteiger partial charge >= 0.3 is 0 Å². The van der Waals surface area contributed by atoms with Crippen LogP contribution in [0.2, 0.25) is 0 Å². The van der Waals surface area contributed by atoms with Crippen LogP contribution in [0.15, 0.2) is 28.8 Å². The predicted molar refractivity (Wildman–Crippen MR) is 91.7 cm³/mol. The Balaban J connectivity index is 1.39. The average molecular weight is 339 g/mol. The number of tetrazole rings is 1. The van der Waals surface area contributed by atoms with Gasteiger partial charge in [0, 0.05) is 17.7 Å². The molecule has 0 radical (unpaired) electrons. The highest BCUT2D eigenvalue weighted by atomic mass is 16.5. The third-order valence-electron chi connectivity index (χ3n) is 4.07. The number of hydrogen-bond donors (Lipinski definition) is 1. The van der Waals surface area contributed by atoms with E-state index in [1.54, 1.807) is 0 Å². The molecular weight excluding hydrogens is 318 g/mol. The fourth-order valence-electron chi connectivity index (χ4n) is 2.66. The summed E-state index contributed by atoms with van der Waals surface area (Å²) in [4.78, 5) is 4.39. The molecule has 0 aliphatic heterocycles. The Morgan fingerprint density at radius 3 is 2.76 bits per heavy atom. The third-order valence-corrected chi connectivity index (χ3v) is 4.07. The van der Waals surface area contributed by atoms with Gasteiger partial charge in [0.2, 0.25) is 5.89 Å². The van der Waals surface area contributed by atoms with Crippen LogP contribution in [0.4, 0.5) is 5.69 Å². The summed E-state index contributed by atoms with van der Waals surface area (Å²) < 4.78 is 7.16. The molecule has 0 bridgehead atoms. The molecule has 3 aromatic rings. The van der Waals surface area contributed by atoms with Crippen molar-refractivity contribution in [1.29, 1.82) is 0 Å². The van der Waals surface area contributed by atoms with Gasteiger partial charge in [-0.1, -0.05) is 19.0 Å². The molecular formula is C17H21N7O. The lowest BCUT2D eigenvalue weighted by Gasteiger charge is -2.06. The molecule has 25 heavy (non-hydrogen) atoms. The lowest BCUT2D eigenvalue weighted by atomic mass is 10.1. The third kappa shape index (κ3) is 3.67. The number of hydrogen-bond acceptors (Lipinski definition) is 7. The minimum Gasteiger partial charge on any atom is -0.378 e. The van der Waals surface area contributed by atoms with Crippen molar-refractivity contribution in [3.05, 3.63) is 36.0 Å². The van der Waals surface area contributed by atoms with E-state index in [1.165, 1.54) is 0 Å². The second kappa shape index (κ2) is 6.62. The van der Waals surface area contributed by atoms with E-state index in [2.05, 4.69) is 44.8 Å². The van der Waals surface area contributed by atoms with Crippen molar-refractivity contribution in [2.24, 2.45) is 5.92 Å². The van der Waals surface area contributed by atoms with Crippen LogP contribution in [0.5, 0.6) is 0 Å². The van der Waals surface area contributed by atoms with Crippen LogP contribution >= 0.6 is 0 Å². The minimum absolute atomic E-state index is 0.459. The first-order valence-electron chi connectivity index (χ1n) is 8.62. The van der Waals surface area contributed by atoms with Gasteiger partial charge in [-0.3, -0.25) is 0 Å². The fraction of sp³-hybridized carbons (Fsp3) is 0.471. The number of anilines is 1. The number of nitrogens with zero attached hydrogens (tertiary/aromatic N) is 6. The number of aromatic nitrogens is 6. The van der Waals surface area contributed by atoms with Gasteiger partial charge in [-0.2, -0.15) is 4.98 Å². The molecule has 0 spiro atoms. The molecule has 0 amide bonds. The monoisotopic (exact) mass is 339 g/mol. The Hall–Kier alpha value is -2.77. The van der Waals surface area contributed by atoms with Crippen molar-refractivity contribution in [3.8, 4) is 11.4 Å². The molecule has 8 nitrogen and oxygen atoms in total. The Bertz CT molecular complexity index is 833. The second-order valence-corrected chi connectivity index (χ2v) is 6.81. The first-order valence-corrected chi connectivity index (χ1v) is 8.62.